The van der Waals surface area contributed by atoms with Crippen molar-refractivity contribution in [2.75, 3.05) is 12.9 Å². The Kier molecular flexibility index (Phi) is 4.66. The first-order valence-electron chi connectivity index (χ1n) is 5.04. The summed E-state index contributed by atoms with van der Waals surface area (Å²) in [7, 11) is 1.65. The molecule has 1 rings (SSSR count). The molecule has 0 aliphatic carbocycles. The summed E-state index contributed by atoms with van der Waals surface area (Å²) in [5.74, 6) is 1.69. The molecule has 1 unspecified atom stereocenters. The molecule has 0 heterocycles. The summed E-state index contributed by atoms with van der Waals surface area (Å²) in [6, 6.07) is 9.95. The molecular weight excluding hydrogens is 220 g/mol. The number of nitrogens with two attached hydrogens (primary N) is 1. The Bertz CT molecular complexity index is 368. The molecule has 86 valence electrons. The first-order chi connectivity index (χ1) is 7.57. The quantitative estimate of drug-likeness (QED) is 0.798. The van der Waals surface area contributed by atoms with Crippen LogP contribution < -0.4 is 10.5 Å². The Morgan fingerprint density at radius 2 is 2.06 bits per heavy atom. The third kappa shape index (κ3) is 4.13. The average Bonchev–Trinajstić information content (AvgIpc) is 2.30. The van der Waals surface area contributed by atoms with Crippen LogP contribution in [0.25, 0.3) is 0 Å². The maximum absolute atomic E-state index is 8.76. The van der Waals surface area contributed by atoms with E-state index >= 15 is 0 Å². The summed E-state index contributed by atoms with van der Waals surface area (Å²) in [5, 5.41) is 8.76. The van der Waals surface area contributed by atoms with Crippen LogP contribution in [-0.4, -0.2) is 18.4 Å². The molecule has 16 heavy (non-hydrogen) atoms. The Balaban J connectivity index is 2.41. The highest BCUT2D eigenvalue weighted by molar-refractivity contribution is 7.99. The molecule has 0 fully saturated rings. The van der Waals surface area contributed by atoms with Gasteiger partial charge in [0, 0.05) is 10.6 Å². The van der Waals surface area contributed by atoms with Crippen molar-refractivity contribution < 1.29 is 4.74 Å². The zero-order chi connectivity index (χ0) is 12.0. The Hall–Kier alpha value is -1.18. The normalized spacial score (nSPS) is 13.9. The second kappa shape index (κ2) is 5.78. The number of thioether (sulfide) groups is 1. The van der Waals surface area contributed by atoms with Crippen LogP contribution in [0, 0.1) is 11.3 Å². The van der Waals surface area contributed by atoms with Gasteiger partial charge < -0.3 is 10.5 Å². The van der Waals surface area contributed by atoms with Gasteiger partial charge in [-0.05, 0) is 37.6 Å². The first kappa shape index (κ1) is 12.9. The topological polar surface area (TPSA) is 59.0 Å². The van der Waals surface area contributed by atoms with Gasteiger partial charge in [-0.25, -0.2) is 0 Å². The third-order valence-electron chi connectivity index (χ3n) is 2.20. The van der Waals surface area contributed by atoms with Crippen LogP contribution in [-0.2, 0) is 0 Å². The Morgan fingerprint density at radius 1 is 1.44 bits per heavy atom. The number of ether oxygens (including phenoxy) is 1. The zero-order valence-electron chi connectivity index (χ0n) is 9.56. The van der Waals surface area contributed by atoms with Crippen molar-refractivity contribution in [2.45, 2.75) is 23.8 Å². The van der Waals surface area contributed by atoms with E-state index in [4.69, 9.17) is 15.7 Å². The lowest BCUT2D eigenvalue weighted by Gasteiger charge is -2.14. The second-order valence-electron chi connectivity index (χ2n) is 3.80. The predicted octanol–water partition coefficient (Wildman–Crippen LogP) is 2.42. The predicted molar refractivity (Wildman–Crippen MR) is 66.5 cm³/mol. The molecular formula is C12H16N2OS. The van der Waals surface area contributed by atoms with E-state index in [0.717, 1.165) is 16.4 Å². The number of nitriles is 1. The molecule has 0 amide bonds. The molecule has 0 bridgehead atoms. The lowest BCUT2D eigenvalue weighted by molar-refractivity contribution is 0.414. The van der Waals surface area contributed by atoms with E-state index in [1.54, 1.807) is 25.8 Å². The fourth-order valence-corrected chi connectivity index (χ4v) is 2.20. The van der Waals surface area contributed by atoms with Gasteiger partial charge in [0.15, 0.2) is 0 Å². The molecule has 0 aliphatic rings. The van der Waals surface area contributed by atoms with Gasteiger partial charge in [0.2, 0.25) is 0 Å². The molecule has 0 saturated carbocycles. The van der Waals surface area contributed by atoms with Crippen LogP contribution in [0.1, 0.15) is 13.3 Å². The number of rotatable bonds is 5. The third-order valence-corrected chi connectivity index (χ3v) is 3.22. The maximum atomic E-state index is 8.76. The first-order valence-corrected chi connectivity index (χ1v) is 6.03. The number of benzene rings is 1. The zero-order valence-corrected chi connectivity index (χ0v) is 10.4. The van der Waals surface area contributed by atoms with Crippen molar-refractivity contribution in [2.24, 2.45) is 5.73 Å². The SMILES string of the molecule is COc1ccc(SCCC(C)(N)C#N)cc1. The van der Waals surface area contributed by atoms with E-state index in [-0.39, 0.29) is 0 Å². The van der Waals surface area contributed by atoms with Gasteiger partial charge in [-0.15, -0.1) is 11.8 Å². The molecule has 1 aromatic rings. The molecule has 4 heteroatoms. The molecule has 0 spiro atoms. The lowest BCUT2D eigenvalue weighted by Crippen LogP contribution is -2.34. The summed E-state index contributed by atoms with van der Waals surface area (Å²) >= 11 is 1.70. The van der Waals surface area contributed by atoms with E-state index < -0.39 is 5.54 Å². The Labute approximate surface area is 101 Å². The average molecular weight is 236 g/mol. The summed E-state index contributed by atoms with van der Waals surface area (Å²) < 4.78 is 5.07. The number of methoxy groups -OCH3 is 1. The van der Waals surface area contributed by atoms with Crippen LogP contribution in [0.3, 0.4) is 0 Å². The number of hydrogen-bond acceptors (Lipinski definition) is 4. The van der Waals surface area contributed by atoms with Crippen molar-refractivity contribution in [1.29, 1.82) is 5.26 Å². The van der Waals surface area contributed by atoms with Gasteiger partial charge in [-0.1, -0.05) is 0 Å². The van der Waals surface area contributed by atoms with E-state index in [2.05, 4.69) is 6.07 Å². The summed E-state index contributed by atoms with van der Waals surface area (Å²) in [6.07, 6.45) is 0.681. The molecule has 0 aliphatic heterocycles. The van der Waals surface area contributed by atoms with Gasteiger partial charge in [0.1, 0.15) is 11.3 Å². The lowest BCUT2D eigenvalue weighted by atomic mass is 10.0. The fraction of sp³-hybridized carbons (Fsp3) is 0.417. The van der Waals surface area contributed by atoms with Gasteiger partial charge in [-0.2, -0.15) is 5.26 Å². The van der Waals surface area contributed by atoms with E-state index in [1.807, 2.05) is 24.3 Å². The number of nitrogens with zero attached hydrogens (tertiary/aromatic N) is 1. The molecule has 1 aromatic carbocycles. The minimum Gasteiger partial charge on any atom is -0.497 e. The van der Waals surface area contributed by atoms with Crippen LogP contribution in [0.5, 0.6) is 5.75 Å². The van der Waals surface area contributed by atoms with Crippen molar-refractivity contribution >= 4 is 11.8 Å². The minimum atomic E-state index is -0.723. The van der Waals surface area contributed by atoms with Gasteiger partial charge in [0.25, 0.3) is 0 Å². The maximum Gasteiger partial charge on any atom is 0.118 e. The summed E-state index contributed by atoms with van der Waals surface area (Å²) in [5.41, 5.74) is 5.01. The fourth-order valence-electron chi connectivity index (χ4n) is 1.11. The molecule has 0 radical (unpaired) electrons. The van der Waals surface area contributed by atoms with Crippen molar-refractivity contribution in [3.63, 3.8) is 0 Å². The monoisotopic (exact) mass is 236 g/mol. The van der Waals surface area contributed by atoms with Crippen LogP contribution in [0.4, 0.5) is 0 Å². The standard InChI is InChI=1S/C12H16N2OS/c1-12(14,9-13)7-8-16-11-5-3-10(15-2)4-6-11/h3-6H,7-8,14H2,1-2H3. The Morgan fingerprint density at radius 3 is 2.56 bits per heavy atom. The molecule has 0 saturated heterocycles. The van der Waals surface area contributed by atoms with E-state index in [1.165, 1.54) is 0 Å². The van der Waals surface area contributed by atoms with Crippen LogP contribution >= 0.6 is 11.8 Å². The van der Waals surface area contributed by atoms with Crippen LogP contribution in [0.2, 0.25) is 0 Å². The van der Waals surface area contributed by atoms with Crippen molar-refractivity contribution in [3.05, 3.63) is 24.3 Å². The van der Waals surface area contributed by atoms with Crippen molar-refractivity contribution in [1.82, 2.24) is 0 Å². The summed E-state index contributed by atoms with van der Waals surface area (Å²) in [6.45, 7) is 1.75. The van der Waals surface area contributed by atoms with Crippen molar-refractivity contribution in [3.8, 4) is 11.8 Å². The molecule has 1 atom stereocenters. The molecule has 3 nitrogen and oxygen atoms in total. The van der Waals surface area contributed by atoms with E-state index in [9.17, 15) is 0 Å². The second-order valence-corrected chi connectivity index (χ2v) is 4.97. The van der Waals surface area contributed by atoms with Crippen LogP contribution in [0.15, 0.2) is 29.2 Å². The highest BCUT2D eigenvalue weighted by Gasteiger charge is 2.16. The van der Waals surface area contributed by atoms with Gasteiger partial charge >= 0.3 is 0 Å². The highest BCUT2D eigenvalue weighted by Crippen LogP contribution is 2.23. The highest BCUT2D eigenvalue weighted by atomic mass is 32.2. The number of hydrogen-bond donors (Lipinski definition) is 1. The largest absolute Gasteiger partial charge is 0.497 e. The molecule has 0 aromatic heterocycles. The minimum absolute atomic E-state index is 0.681. The molecule has 2 N–H and O–H groups in total. The van der Waals surface area contributed by atoms with Gasteiger partial charge in [-0.3, -0.25) is 0 Å². The van der Waals surface area contributed by atoms with Gasteiger partial charge in [0.05, 0.1) is 13.2 Å². The summed E-state index contributed by atoms with van der Waals surface area (Å²) in [4.78, 5) is 1.16. The van der Waals surface area contributed by atoms with E-state index in [0.29, 0.717) is 6.42 Å². The smallest absolute Gasteiger partial charge is 0.118 e.